The topological polar surface area (TPSA) is 307 Å². The van der Waals surface area contributed by atoms with Gasteiger partial charge in [0.1, 0.15) is 73.2 Å². The van der Waals surface area contributed by atoms with Gasteiger partial charge in [0, 0.05) is 6.42 Å². The first-order chi connectivity index (χ1) is 47.8. The molecule has 19 heteroatoms. The molecule has 3 aliphatic heterocycles. The lowest BCUT2D eigenvalue weighted by molar-refractivity contribution is -0.379. The van der Waals surface area contributed by atoms with E-state index in [1.54, 1.807) is 6.08 Å². The summed E-state index contributed by atoms with van der Waals surface area (Å²) in [4.78, 5) is 13.5. The maximum atomic E-state index is 13.5. The number of carbonyl (C=O) groups excluding carboxylic acids is 1. The monoisotopic (exact) mass is 1400 g/mol. The first-order valence-electron chi connectivity index (χ1n) is 40.9. The van der Waals surface area contributed by atoms with Crippen LogP contribution in [0.25, 0.3) is 0 Å². The van der Waals surface area contributed by atoms with E-state index in [9.17, 15) is 61.0 Å². The molecule has 3 saturated heterocycles. The highest BCUT2D eigenvalue weighted by Crippen LogP contribution is 2.33. The van der Waals surface area contributed by atoms with Crippen LogP contribution in [0.1, 0.15) is 354 Å². The number of allylic oxidation sites excluding steroid dienone is 1. The molecule has 0 aromatic carbocycles. The zero-order valence-corrected chi connectivity index (χ0v) is 62.1. The van der Waals surface area contributed by atoms with E-state index in [-0.39, 0.29) is 18.9 Å². The zero-order chi connectivity index (χ0) is 71.1. The Morgan fingerprint density at radius 1 is 0.357 bits per heavy atom. The van der Waals surface area contributed by atoms with Crippen LogP contribution in [0, 0.1) is 0 Å². The molecule has 580 valence electrons. The van der Waals surface area contributed by atoms with Gasteiger partial charge in [0.15, 0.2) is 18.9 Å². The molecule has 0 bridgehead atoms. The van der Waals surface area contributed by atoms with Crippen molar-refractivity contribution in [3.05, 3.63) is 12.2 Å². The Kier molecular flexibility index (Phi) is 56.3. The van der Waals surface area contributed by atoms with Crippen molar-refractivity contribution in [2.24, 2.45) is 0 Å². The Labute approximate surface area is 595 Å². The Balaban J connectivity index is 1.36. The van der Waals surface area contributed by atoms with Gasteiger partial charge >= 0.3 is 0 Å². The van der Waals surface area contributed by atoms with Crippen LogP contribution < -0.4 is 5.32 Å². The number of nitrogens with one attached hydrogen (secondary N) is 1. The molecule has 98 heavy (non-hydrogen) atoms. The van der Waals surface area contributed by atoms with Crippen molar-refractivity contribution >= 4 is 5.91 Å². The smallest absolute Gasteiger partial charge is 0.220 e. The number of ether oxygens (including phenoxy) is 6. The van der Waals surface area contributed by atoms with E-state index in [2.05, 4.69) is 19.2 Å². The second-order valence-electron chi connectivity index (χ2n) is 29.6. The van der Waals surface area contributed by atoms with Gasteiger partial charge in [-0.05, 0) is 19.3 Å². The first-order valence-corrected chi connectivity index (χ1v) is 40.9. The fourth-order valence-electron chi connectivity index (χ4n) is 14.3. The summed E-state index contributed by atoms with van der Waals surface area (Å²) in [5.74, 6) is -0.266. The second kappa shape index (κ2) is 60.8. The quantitative estimate of drug-likeness (QED) is 0.0199. The van der Waals surface area contributed by atoms with E-state index in [1.807, 2.05) is 6.08 Å². The molecule has 12 N–H and O–H groups in total. The van der Waals surface area contributed by atoms with E-state index in [4.69, 9.17) is 28.4 Å². The van der Waals surface area contributed by atoms with Crippen LogP contribution >= 0.6 is 0 Å². The SMILES string of the molecule is CCCCCCCCCCCCCCCCCCCCCC/C=C/C(O)C(COC1OC(CO)C(OC2OC(CO)C(OC3OC(CO)C(O)C(O)C3O)C(O)C2O)C(O)C1O)NC(=O)CCCCCCCCCCCCCCCCCCCCCCCCCCCCCCCCC. The third-order valence-electron chi connectivity index (χ3n) is 20.8. The van der Waals surface area contributed by atoms with Crippen LogP contribution in [0.3, 0.4) is 0 Å². The number of rotatable bonds is 66. The molecule has 3 heterocycles. The van der Waals surface area contributed by atoms with E-state index in [0.29, 0.717) is 6.42 Å². The highest BCUT2D eigenvalue weighted by molar-refractivity contribution is 5.76. The fourth-order valence-corrected chi connectivity index (χ4v) is 14.3. The molecule has 3 rings (SSSR count). The highest BCUT2D eigenvalue weighted by atomic mass is 16.8. The van der Waals surface area contributed by atoms with E-state index < -0.39 is 124 Å². The molecule has 17 atom stereocenters. The molecule has 0 saturated carbocycles. The first kappa shape index (κ1) is 90.7. The lowest BCUT2D eigenvalue weighted by atomic mass is 9.96. The minimum atomic E-state index is -1.98. The van der Waals surface area contributed by atoms with E-state index >= 15 is 0 Å². The van der Waals surface area contributed by atoms with Crippen molar-refractivity contribution in [1.29, 1.82) is 0 Å². The predicted molar refractivity (Wildman–Crippen MR) is 388 cm³/mol. The predicted octanol–water partition coefficient (Wildman–Crippen LogP) is 13.6. The van der Waals surface area contributed by atoms with Crippen molar-refractivity contribution in [1.82, 2.24) is 5.32 Å². The van der Waals surface area contributed by atoms with Gasteiger partial charge in [-0.25, -0.2) is 0 Å². The number of aliphatic hydroxyl groups excluding tert-OH is 11. The summed E-state index contributed by atoms with van der Waals surface area (Å²) in [5, 5.41) is 121. The summed E-state index contributed by atoms with van der Waals surface area (Å²) in [6, 6.07) is -0.970. The lowest BCUT2D eigenvalue weighted by Crippen LogP contribution is -2.66. The molecular formula is C79H151NO18. The lowest BCUT2D eigenvalue weighted by Gasteiger charge is -2.48. The molecule has 3 fully saturated rings. The molecule has 0 radical (unpaired) electrons. The third kappa shape index (κ3) is 40.7. The van der Waals surface area contributed by atoms with Crippen molar-refractivity contribution in [3.8, 4) is 0 Å². The van der Waals surface area contributed by atoms with Gasteiger partial charge in [-0.1, -0.05) is 341 Å². The summed E-state index contributed by atoms with van der Waals surface area (Å²) in [5.41, 5.74) is 0. The number of aliphatic hydroxyl groups is 11. The summed E-state index contributed by atoms with van der Waals surface area (Å²) >= 11 is 0. The van der Waals surface area contributed by atoms with Gasteiger partial charge in [-0.3, -0.25) is 4.79 Å². The highest BCUT2D eigenvalue weighted by Gasteiger charge is 2.54. The molecule has 0 aromatic rings. The third-order valence-corrected chi connectivity index (χ3v) is 20.8. The molecule has 0 spiro atoms. The Hall–Kier alpha value is -1.47. The van der Waals surface area contributed by atoms with Crippen LogP contribution in [0.5, 0.6) is 0 Å². The minimum Gasteiger partial charge on any atom is -0.394 e. The maximum absolute atomic E-state index is 13.5. The number of unbranched alkanes of at least 4 members (excludes halogenated alkanes) is 50. The van der Waals surface area contributed by atoms with Gasteiger partial charge < -0.3 is 89.9 Å². The largest absolute Gasteiger partial charge is 0.394 e. The van der Waals surface area contributed by atoms with E-state index in [1.165, 1.54) is 283 Å². The van der Waals surface area contributed by atoms with Crippen LogP contribution in [0.15, 0.2) is 12.2 Å². The average Bonchev–Trinajstić information content (AvgIpc) is 0.785. The standard InChI is InChI=1S/C79H151NO18/c1-3-5-7-9-11-13-15-17-19-21-23-25-27-28-29-30-31-32-33-34-35-37-39-41-43-45-47-49-51-53-55-57-67(85)80-62(63(84)56-54-52-50-48-46-44-42-40-38-36-26-24-22-20-18-16-14-12-10-8-6-4-2)61-93-77-73(91)70(88)75(65(59-82)95-77)98-79-74(92)71(89)76(66(60-83)96-79)97-78-72(90)69(87)68(86)64(58-81)94-78/h54,56,62-66,68-79,81-84,86-92H,3-53,55,57-61H2,1-2H3,(H,80,85)/b56-54+. The average molecular weight is 1400 g/mol. The van der Waals surface area contributed by atoms with E-state index in [0.717, 1.165) is 44.9 Å². The molecule has 17 unspecified atom stereocenters. The van der Waals surface area contributed by atoms with Crippen LogP contribution in [0.2, 0.25) is 0 Å². The van der Waals surface area contributed by atoms with Crippen molar-refractivity contribution in [2.75, 3.05) is 26.4 Å². The summed E-state index contributed by atoms with van der Waals surface area (Å²) in [7, 11) is 0. The zero-order valence-electron chi connectivity index (χ0n) is 62.1. The summed E-state index contributed by atoms with van der Waals surface area (Å²) in [6.45, 7) is 1.80. The van der Waals surface area contributed by atoms with Gasteiger partial charge in [0.25, 0.3) is 0 Å². The molecule has 0 aliphatic carbocycles. The number of carbonyl (C=O) groups is 1. The Bertz CT molecular complexity index is 1820. The summed E-state index contributed by atoms with van der Waals surface area (Å²) < 4.78 is 34.5. The van der Waals surface area contributed by atoms with Gasteiger partial charge in [-0.15, -0.1) is 0 Å². The van der Waals surface area contributed by atoms with Gasteiger partial charge in [0.2, 0.25) is 5.91 Å². The number of hydrogen-bond acceptors (Lipinski definition) is 18. The molecule has 19 nitrogen and oxygen atoms in total. The minimum absolute atomic E-state index is 0.250. The molecule has 0 aromatic heterocycles. The van der Waals surface area contributed by atoms with Crippen LogP contribution in [-0.4, -0.2) is 193 Å². The van der Waals surface area contributed by atoms with Gasteiger partial charge in [0.05, 0.1) is 38.6 Å². The molecular weight excluding hydrogens is 1250 g/mol. The Morgan fingerprint density at radius 3 is 0.959 bits per heavy atom. The second-order valence-corrected chi connectivity index (χ2v) is 29.6. The van der Waals surface area contributed by atoms with Crippen molar-refractivity contribution in [3.63, 3.8) is 0 Å². The fraction of sp³-hybridized carbons (Fsp3) is 0.962. The number of amides is 1. The Morgan fingerprint density at radius 2 is 0.633 bits per heavy atom. The molecule has 1 amide bonds. The summed E-state index contributed by atoms with van der Waals surface area (Å²) in [6.07, 6.45) is 44.9. The van der Waals surface area contributed by atoms with Crippen molar-refractivity contribution < 1.29 is 89.4 Å². The van der Waals surface area contributed by atoms with Crippen molar-refractivity contribution in [2.45, 2.75) is 458 Å². The van der Waals surface area contributed by atoms with Crippen LogP contribution in [-0.2, 0) is 33.2 Å². The molecule has 3 aliphatic rings. The maximum Gasteiger partial charge on any atom is 0.220 e. The van der Waals surface area contributed by atoms with Crippen LogP contribution in [0.4, 0.5) is 0 Å². The van der Waals surface area contributed by atoms with Gasteiger partial charge in [-0.2, -0.15) is 0 Å². The normalized spacial score (nSPS) is 26.7. The number of hydrogen-bond donors (Lipinski definition) is 12.